The van der Waals surface area contributed by atoms with Crippen LogP contribution in [0.4, 0.5) is 0 Å². The predicted molar refractivity (Wildman–Crippen MR) is 61.8 cm³/mol. The van der Waals surface area contributed by atoms with E-state index in [1.807, 2.05) is 13.8 Å². The first-order chi connectivity index (χ1) is 8.09. The molecule has 0 aromatic carbocycles. The van der Waals surface area contributed by atoms with E-state index in [-0.39, 0.29) is 12.5 Å². The van der Waals surface area contributed by atoms with Crippen LogP contribution in [-0.4, -0.2) is 34.2 Å². The van der Waals surface area contributed by atoms with Gasteiger partial charge in [-0.2, -0.15) is 0 Å². The third kappa shape index (κ3) is 2.49. The van der Waals surface area contributed by atoms with Crippen molar-refractivity contribution in [2.45, 2.75) is 39.2 Å². The maximum Gasteiger partial charge on any atom is 0.304 e. The lowest BCUT2D eigenvalue weighted by atomic mass is 10.0. The average molecular weight is 238 g/mol. The minimum Gasteiger partial charge on any atom is -0.481 e. The fourth-order valence-electron chi connectivity index (χ4n) is 2.63. The van der Waals surface area contributed by atoms with Crippen molar-refractivity contribution in [3.63, 3.8) is 0 Å². The molecule has 1 aromatic rings. The second-order valence-corrected chi connectivity index (χ2v) is 4.58. The Morgan fingerprint density at radius 1 is 1.59 bits per heavy atom. The number of aryl methyl sites for hydroxylation is 2. The van der Waals surface area contributed by atoms with E-state index < -0.39 is 5.97 Å². The molecule has 0 spiro atoms. The summed E-state index contributed by atoms with van der Waals surface area (Å²) in [5, 5.41) is 12.7. The molecule has 1 fully saturated rings. The zero-order chi connectivity index (χ0) is 12.4. The summed E-state index contributed by atoms with van der Waals surface area (Å²) in [5.41, 5.74) is 2.07. The zero-order valence-electron chi connectivity index (χ0n) is 10.3. The van der Waals surface area contributed by atoms with Gasteiger partial charge in [0.2, 0.25) is 0 Å². The summed E-state index contributed by atoms with van der Waals surface area (Å²) in [5.74, 6) is 0.115. The van der Waals surface area contributed by atoms with Crippen molar-refractivity contribution in [2.75, 3.05) is 13.1 Å². The van der Waals surface area contributed by atoms with Crippen LogP contribution in [0.5, 0.6) is 0 Å². The predicted octanol–water partition coefficient (Wildman–Crippen LogP) is 1.90. The van der Waals surface area contributed by atoms with Gasteiger partial charge in [-0.15, -0.1) is 0 Å². The number of rotatable bonds is 4. The summed E-state index contributed by atoms with van der Waals surface area (Å²) < 4.78 is 5.19. The first-order valence-electron chi connectivity index (χ1n) is 5.98. The Hall–Kier alpha value is -1.36. The Labute approximate surface area is 100 Å². The molecule has 0 aliphatic carbocycles. The molecular weight excluding hydrogens is 220 g/mol. The second kappa shape index (κ2) is 4.87. The van der Waals surface area contributed by atoms with Crippen molar-refractivity contribution in [3.05, 3.63) is 17.0 Å². The molecule has 1 saturated heterocycles. The molecule has 94 valence electrons. The number of hydrogen-bond donors (Lipinski definition) is 1. The second-order valence-electron chi connectivity index (χ2n) is 4.58. The van der Waals surface area contributed by atoms with Crippen LogP contribution in [0.3, 0.4) is 0 Å². The van der Waals surface area contributed by atoms with Gasteiger partial charge in [0, 0.05) is 18.2 Å². The molecule has 0 radical (unpaired) electrons. The van der Waals surface area contributed by atoms with Crippen molar-refractivity contribution in [2.24, 2.45) is 0 Å². The van der Waals surface area contributed by atoms with Gasteiger partial charge in [-0.05, 0) is 33.2 Å². The van der Waals surface area contributed by atoms with Crippen molar-refractivity contribution in [1.29, 1.82) is 0 Å². The van der Waals surface area contributed by atoms with Gasteiger partial charge in [-0.25, -0.2) is 0 Å². The highest BCUT2D eigenvalue weighted by atomic mass is 16.5. The standard InChI is InChI=1S/C12H18N2O3/c1-8-12(9(2)17-13-8)10-4-3-6-14(10)7-5-11(15)16/h10H,3-7H2,1-2H3,(H,15,16)/t10-/m1/s1. The number of carboxylic acid groups (broad SMARTS) is 1. The molecule has 0 amide bonds. The van der Waals surface area contributed by atoms with Gasteiger partial charge < -0.3 is 9.63 Å². The minimum atomic E-state index is -0.741. The maximum absolute atomic E-state index is 10.6. The van der Waals surface area contributed by atoms with Crippen LogP contribution < -0.4 is 0 Å². The van der Waals surface area contributed by atoms with Crippen molar-refractivity contribution in [3.8, 4) is 0 Å². The molecule has 17 heavy (non-hydrogen) atoms. The highest BCUT2D eigenvalue weighted by Crippen LogP contribution is 2.35. The minimum absolute atomic E-state index is 0.194. The van der Waals surface area contributed by atoms with E-state index >= 15 is 0 Å². The van der Waals surface area contributed by atoms with E-state index in [0.29, 0.717) is 6.54 Å². The molecule has 1 aliphatic heterocycles. The molecule has 2 rings (SSSR count). The van der Waals surface area contributed by atoms with Crippen molar-refractivity contribution in [1.82, 2.24) is 10.1 Å². The van der Waals surface area contributed by atoms with Crippen LogP contribution in [0.25, 0.3) is 0 Å². The van der Waals surface area contributed by atoms with E-state index in [2.05, 4.69) is 10.1 Å². The molecule has 1 aliphatic rings. The Morgan fingerprint density at radius 2 is 2.35 bits per heavy atom. The van der Waals surface area contributed by atoms with Gasteiger partial charge in [0.1, 0.15) is 5.76 Å². The van der Waals surface area contributed by atoms with E-state index in [0.717, 1.165) is 36.4 Å². The Morgan fingerprint density at radius 3 is 2.94 bits per heavy atom. The van der Waals surface area contributed by atoms with Crippen molar-refractivity contribution >= 4 is 5.97 Å². The topological polar surface area (TPSA) is 66.6 Å². The number of carbonyl (C=O) groups is 1. The van der Waals surface area contributed by atoms with E-state index in [1.54, 1.807) is 0 Å². The number of aromatic nitrogens is 1. The zero-order valence-corrected chi connectivity index (χ0v) is 10.3. The lowest BCUT2D eigenvalue weighted by Gasteiger charge is -2.23. The highest BCUT2D eigenvalue weighted by molar-refractivity contribution is 5.66. The third-order valence-corrected chi connectivity index (χ3v) is 3.40. The summed E-state index contributed by atoms with van der Waals surface area (Å²) >= 11 is 0. The normalized spacial score (nSPS) is 20.9. The van der Waals surface area contributed by atoms with Crippen molar-refractivity contribution < 1.29 is 14.4 Å². The molecule has 0 bridgehead atoms. The van der Waals surface area contributed by atoms with E-state index in [1.165, 1.54) is 0 Å². The van der Waals surface area contributed by atoms with Crippen LogP contribution in [-0.2, 0) is 4.79 Å². The lowest BCUT2D eigenvalue weighted by Crippen LogP contribution is -2.26. The van der Waals surface area contributed by atoms with E-state index in [4.69, 9.17) is 9.63 Å². The molecule has 1 aromatic heterocycles. The molecule has 1 atom stereocenters. The van der Waals surface area contributed by atoms with Gasteiger partial charge in [-0.3, -0.25) is 9.69 Å². The smallest absolute Gasteiger partial charge is 0.304 e. The maximum atomic E-state index is 10.6. The Balaban J connectivity index is 2.12. The van der Waals surface area contributed by atoms with Crippen LogP contribution in [0.2, 0.25) is 0 Å². The quantitative estimate of drug-likeness (QED) is 0.867. The molecule has 2 heterocycles. The summed E-state index contributed by atoms with van der Waals surface area (Å²) in [6, 6.07) is 0.278. The molecule has 0 unspecified atom stereocenters. The van der Waals surface area contributed by atoms with Gasteiger partial charge in [-0.1, -0.05) is 5.16 Å². The van der Waals surface area contributed by atoms with Crippen LogP contribution in [0.1, 0.15) is 42.3 Å². The van der Waals surface area contributed by atoms with E-state index in [9.17, 15) is 4.79 Å². The first kappa shape index (κ1) is 12.1. The third-order valence-electron chi connectivity index (χ3n) is 3.40. The number of likely N-dealkylation sites (tertiary alicyclic amines) is 1. The monoisotopic (exact) mass is 238 g/mol. The van der Waals surface area contributed by atoms with Gasteiger partial charge in [0.15, 0.2) is 0 Å². The lowest BCUT2D eigenvalue weighted by molar-refractivity contribution is -0.137. The largest absolute Gasteiger partial charge is 0.481 e. The number of carboxylic acids is 1. The molecule has 1 N–H and O–H groups in total. The van der Waals surface area contributed by atoms with Crippen LogP contribution >= 0.6 is 0 Å². The number of nitrogens with zero attached hydrogens (tertiary/aromatic N) is 2. The Bertz CT molecular complexity index is 394. The molecule has 5 nitrogen and oxygen atoms in total. The summed E-state index contributed by atoms with van der Waals surface area (Å²) in [7, 11) is 0. The number of hydrogen-bond acceptors (Lipinski definition) is 4. The Kier molecular flexibility index (Phi) is 3.47. The summed E-state index contributed by atoms with van der Waals surface area (Å²) in [4.78, 5) is 12.8. The number of aliphatic carboxylic acids is 1. The fraction of sp³-hybridized carbons (Fsp3) is 0.667. The molecular formula is C12H18N2O3. The van der Waals surface area contributed by atoms with Crippen LogP contribution in [0.15, 0.2) is 4.52 Å². The average Bonchev–Trinajstić information content (AvgIpc) is 2.83. The summed E-state index contributed by atoms with van der Waals surface area (Å²) in [6.07, 6.45) is 2.36. The molecule has 5 heteroatoms. The first-order valence-corrected chi connectivity index (χ1v) is 5.98. The van der Waals surface area contributed by atoms with Crippen LogP contribution in [0, 0.1) is 13.8 Å². The SMILES string of the molecule is Cc1noc(C)c1[C@H]1CCCN1CCC(=O)O. The highest BCUT2D eigenvalue weighted by Gasteiger charge is 2.30. The van der Waals surface area contributed by atoms with Gasteiger partial charge in [0.05, 0.1) is 12.1 Å². The molecule has 0 saturated carbocycles. The van der Waals surface area contributed by atoms with Gasteiger partial charge in [0.25, 0.3) is 0 Å². The fourth-order valence-corrected chi connectivity index (χ4v) is 2.63. The summed E-state index contributed by atoms with van der Waals surface area (Å²) in [6.45, 7) is 5.43. The van der Waals surface area contributed by atoms with Gasteiger partial charge >= 0.3 is 5.97 Å².